The lowest BCUT2D eigenvalue weighted by molar-refractivity contribution is -0.139. The van der Waals surface area contributed by atoms with E-state index >= 15 is 0 Å². The Morgan fingerprint density at radius 1 is 1.20 bits per heavy atom. The molecule has 0 aromatic heterocycles. The van der Waals surface area contributed by atoms with Crippen molar-refractivity contribution in [2.24, 2.45) is 4.99 Å². The molecule has 35 heavy (non-hydrogen) atoms. The molecule has 2 aromatic carbocycles. The molecule has 0 radical (unpaired) electrons. The molecule has 0 spiro atoms. The van der Waals surface area contributed by atoms with Crippen LogP contribution < -0.4 is 21.3 Å². The molecule has 0 aliphatic carbocycles. The zero-order valence-corrected chi connectivity index (χ0v) is 20.0. The van der Waals surface area contributed by atoms with E-state index in [0.717, 1.165) is 27.9 Å². The first-order valence-electron chi connectivity index (χ1n) is 11.8. The van der Waals surface area contributed by atoms with Gasteiger partial charge in [0, 0.05) is 43.0 Å². The standard InChI is InChI=1S/C26H31N5O4/c1-27-26(28-2)30-12-5-8-21(25(33)34)29-13-11-16-9-10-18-17(14-16)15-35-23(18)22-19-6-3-4-7-20(19)31-24(22)32/h3-4,6-7,9-10,14,21,29H,5,8,11-13,15H2,1-2H3,(H,31,32)(H,33,34)(H2,27,28,30)/t21-/m0/s1. The highest BCUT2D eigenvalue weighted by Gasteiger charge is 2.32. The third-order valence-electron chi connectivity index (χ3n) is 6.21. The Kier molecular flexibility index (Phi) is 7.67. The molecule has 0 fully saturated rings. The number of amides is 1. The molecule has 2 heterocycles. The topological polar surface area (TPSA) is 124 Å². The van der Waals surface area contributed by atoms with Gasteiger partial charge in [0.1, 0.15) is 18.4 Å². The van der Waals surface area contributed by atoms with Gasteiger partial charge in [0.2, 0.25) is 0 Å². The quantitative estimate of drug-likeness (QED) is 0.162. The fourth-order valence-electron chi connectivity index (χ4n) is 4.42. The summed E-state index contributed by atoms with van der Waals surface area (Å²) in [6.07, 6.45) is 1.91. The number of hydrogen-bond donors (Lipinski definition) is 5. The molecule has 9 heteroatoms. The Balaban J connectivity index is 1.35. The summed E-state index contributed by atoms with van der Waals surface area (Å²) in [5, 5.41) is 21.7. The van der Waals surface area contributed by atoms with E-state index in [9.17, 15) is 14.7 Å². The number of guanidine groups is 1. The van der Waals surface area contributed by atoms with Gasteiger partial charge in [-0.15, -0.1) is 0 Å². The smallest absolute Gasteiger partial charge is 0.320 e. The Labute approximate surface area is 204 Å². The van der Waals surface area contributed by atoms with E-state index in [0.29, 0.717) is 56.3 Å². The number of carbonyl (C=O) groups is 2. The summed E-state index contributed by atoms with van der Waals surface area (Å²) < 4.78 is 5.96. The summed E-state index contributed by atoms with van der Waals surface area (Å²) in [5.41, 5.74) is 5.26. The molecule has 1 atom stereocenters. The van der Waals surface area contributed by atoms with Crippen LogP contribution in [0.1, 0.15) is 35.1 Å². The Morgan fingerprint density at radius 3 is 2.80 bits per heavy atom. The highest BCUT2D eigenvalue weighted by Crippen LogP contribution is 2.41. The van der Waals surface area contributed by atoms with E-state index in [1.54, 1.807) is 14.1 Å². The molecule has 0 saturated heterocycles. The highest BCUT2D eigenvalue weighted by atomic mass is 16.5. The fraction of sp³-hybridized carbons (Fsp3) is 0.346. The molecule has 0 saturated carbocycles. The van der Waals surface area contributed by atoms with Crippen molar-refractivity contribution in [1.82, 2.24) is 16.0 Å². The predicted molar refractivity (Wildman–Crippen MR) is 136 cm³/mol. The molecule has 4 rings (SSSR count). The minimum absolute atomic E-state index is 0.151. The van der Waals surface area contributed by atoms with Crippen LogP contribution in [-0.4, -0.2) is 56.2 Å². The zero-order chi connectivity index (χ0) is 24.8. The van der Waals surface area contributed by atoms with E-state index < -0.39 is 12.0 Å². The maximum Gasteiger partial charge on any atom is 0.320 e. The van der Waals surface area contributed by atoms with Gasteiger partial charge in [-0.2, -0.15) is 0 Å². The highest BCUT2D eigenvalue weighted by molar-refractivity contribution is 6.36. The third kappa shape index (κ3) is 5.46. The molecular formula is C26H31N5O4. The van der Waals surface area contributed by atoms with Gasteiger partial charge in [0.05, 0.1) is 5.57 Å². The largest absolute Gasteiger partial charge is 0.487 e. The van der Waals surface area contributed by atoms with E-state index in [2.05, 4.69) is 32.3 Å². The Morgan fingerprint density at radius 2 is 2.03 bits per heavy atom. The number of carbonyl (C=O) groups excluding carboxylic acids is 1. The van der Waals surface area contributed by atoms with Gasteiger partial charge in [0.25, 0.3) is 5.91 Å². The lowest BCUT2D eigenvalue weighted by atomic mass is 9.98. The minimum atomic E-state index is -0.850. The van der Waals surface area contributed by atoms with E-state index in [1.165, 1.54) is 0 Å². The molecule has 184 valence electrons. The van der Waals surface area contributed by atoms with Crippen LogP contribution in [0, 0.1) is 0 Å². The third-order valence-corrected chi connectivity index (χ3v) is 6.21. The number of aliphatic carboxylic acids is 1. The predicted octanol–water partition coefficient (Wildman–Crippen LogP) is 2.20. The van der Waals surface area contributed by atoms with Crippen LogP contribution in [0.2, 0.25) is 0 Å². The first-order chi connectivity index (χ1) is 17.0. The van der Waals surface area contributed by atoms with Crippen molar-refractivity contribution in [3.8, 4) is 0 Å². The van der Waals surface area contributed by atoms with Crippen LogP contribution in [0.3, 0.4) is 0 Å². The summed E-state index contributed by atoms with van der Waals surface area (Å²) in [4.78, 5) is 28.3. The number of carboxylic acids is 1. The number of benzene rings is 2. The summed E-state index contributed by atoms with van der Waals surface area (Å²) in [5.74, 6) is 0.293. The molecule has 0 bridgehead atoms. The van der Waals surface area contributed by atoms with Gasteiger partial charge < -0.3 is 31.1 Å². The number of aliphatic imine (C=N–C) groups is 1. The summed E-state index contributed by atoms with van der Waals surface area (Å²) >= 11 is 0. The van der Waals surface area contributed by atoms with Gasteiger partial charge in [-0.3, -0.25) is 14.6 Å². The van der Waals surface area contributed by atoms with Gasteiger partial charge in [0.15, 0.2) is 5.96 Å². The summed E-state index contributed by atoms with van der Waals surface area (Å²) in [6, 6.07) is 13.1. The SMILES string of the molecule is CN=C(NC)NCCC[C@H](NCCc1ccc2c(c1)COC2=C1C(=O)Nc2ccccc21)C(=O)O. The summed E-state index contributed by atoms with van der Waals surface area (Å²) in [7, 11) is 3.47. The van der Waals surface area contributed by atoms with Gasteiger partial charge >= 0.3 is 5.97 Å². The molecule has 2 aliphatic heterocycles. The van der Waals surface area contributed by atoms with Gasteiger partial charge in [-0.25, -0.2) is 0 Å². The number of ether oxygens (including phenoxy) is 1. The maximum absolute atomic E-state index is 12.6. The molecule has 2 aromatic rings. The Hall–Kier alpha value is -3.85. The number of rotatable bonds is 9. The van der Waals surface area contributed by atoms with Crippen molar-refractivity contribution >= 4 is 34.9 Å². The average Bonchev–Trinajstić information content (AvgIpc) is 3.41. The van der Waals surface area contributed by atoms with Crippen molar-refractivity contribution in [2.75, 3.05) is 32.5 Å². The van der Waals surface area contributed by atoms with Crippen molar-refractivity contribution in [3.05, 3.63) is 64.7 Å². The van der Waals surface area contributed by atoms with E-state index in [-0.39, 0.29) is 5.91 Å². The molecule has 0 unspecified atom stereocenters. The average molecular weight is 478 g/mol. The minimum Gasteiger partial charge on any atom is -0.487 e. The van der Waals surface area contributed by atoms with E-state index in [1.807, 2.05) is 36.4 Å². The number of para-hydroxylation sites is 1. The molecule has 5 N–H and O–H groups in total. The second-order valence-corrected chi connectivity index (χ2v) is 8.47. The Bertz CT molecular complexity index is 1170. The lowest BCUT2D eigenvalue weighted by Gasteiger charge is -2.15. The second kappa shape index (κ2) is 11.1. The van der Waals surface area contributed by atoms with Crippen molar-refractivity contribution in [2.45, 2.75) is 31.9 Å². The van der Waals surface area contributed by atoms with Crippen LogP contribution in [-0.2, 0) is 27.4 Å². The van der Waals surface area contributed by atoms with Crippen molar-refractivity contribution in [1.29, 1.82) is 0 Å². The number of nitrogens with one attached hydrogen (secondary N) is 4. The summed E-state index contributed by atoms with van der Waals surface area (Å²) in [6.45, 7) is 1.60. The number of anilines is 1. The number of carboxylic acid groups (broad SMARTS) is 1. The van der Waals surface area contributed by atoms with Gasteiger partial charge in [-0.1, -0.05) is 36.4 Å². The fourth-order valence-corrected chi connectivity index (χ4v) is 4.42. The molecule has 2 aliphatic rings. The van der Waals surface area contributed by atoms with Crippen molar-refractivity contribution < 1.29 is 19.4 Å². The number of nitrogens with zero attached hydrogens (tertiary/aromatic N) is 1. The number of fused-ring (bicyclic) bond motifs is 2. The molecule has 1 amide bonds. The van der Waals surface area contributed by atoms with Crippen LogP contribution >= 0.6 is 0 Å². The van der Waals surface area contributed by atoms with Crippen LogP contribution in [0.4, 0.5) is 5.69 Å². The van der Waals surface area contributed by atoms with Crippen LogP contribution in [0.5, 0.6) is 0 Å². The molecule has 9 nitrogen and oxygen atoms in total. The monoisotopic (exact) mass is 477 g/mol. The first kappa shape index (κ1) is 24.3. The second-order valence-electron chi connectivity index (χ2n) is 8.47. The lowest BCUT2D eigenvalue weighted by Crippen LogP contribution is -2.39. The van der Waals surface area contributed by atoms with Crippen LogP contribution in [0.25, 0.3) is 11.3 Å². The van der Waals surface area contributed by atoms with Crippen molar-refractivity contribution in [3.63, 3.8) is 0 Å². The van der Waals surface area contributed by atoms with Crippen LogP contribution in [0.15, 0.2) is 47.5 Å². The normalized spacial score (nSPS) is 17.3. The van der Waals surface area contributed by atoms with E-state index in [4.69, 9.17) is 4.74 Å². The zero-order valence-electron chi connectivity index (χ0n) is 20.0. The number of hydrogen-bond acceptors (Lipinski definition) is 5. The molecular weight excluding hydrogens is 446 g/mol. The maximum atomic E-state index is 12.6. The first-order valence-corrected chi connectivity index (χ1v) is 11.8. The van der Waals surface area contributed by atoms with Gasteiger partial charge in [-0.05, 0) is 37.4 Å².